The van der Waals surface area contributed by atoms with Gasteiger partial charge in [-0.2, -0.15) is 0 Å². The first-order valence-corrected chi connectivity index (χ1v) is 11.6. The van der Waals surface area contributed by atoms with Crippen molar-refractivity contribution in [3.63, 3.8) is 0 Å². The van der Waals surface area contributed by atoms with Crippen LogP contribution in [0.2, 0.25) is 0 Å². The molecular weight excluding hydrogens is 367 g/mol. The van der Waals surface area contributed by atoms with Crippen LogP contribution in [0.5, 0.6) is 5.75 Å². The largest absolute Gasteiger partial charge is 0.481 e. The molecule has 0 aromatic heterocycles. The van der Waals surface area contributed by atoms with Gasteiger partial charge in [0.25, 0.3) is 0 Å². The molecule has 4 nitrogen and oxygen atoms in total. The molecule has 2 aromatic rings. The average molecular weight is 390 g/mol. The normalized spacial score (nSPS) is 16.6. The predicted octanol–water partition coefficient (Wildman–Crippen LogP) is 6.38. The van der Waals surface area contributed by atoms with E-state index < -0.39 is 6.80 Å². The summed E-state index contributed by atoms with van der Waals surface area (Å²) in [6.07, 6.45) is 1.74. The van der Waals surface area contributed by atoms with E-state index in [4.69, 9.17) is 13.8 Å². The molecule has 0 saturated heterocycles. The lowest BCUT2D eigenvalue weighted by atomic mass is 10.0. The average Bonchev–Trinajstić information content (AvgIpc) is 2.62. The number of rotatable bonds is 7. The van der Waals surface area contributed by atoms with E-state index in [2.05, 4.69) is 31.2 Å². The van der Waals surface area contributed by atoms with Crippen LogP contribution in [-0.4, -0.2) is 13.2 Å². The summed E-state index contributed by atoms with van der Waals surface area (Å²) in [7, 11) is 0. The van der Waals surface area contributed by atoms with Crippen molar-refractivity contribution >= 4 is 23.1 Å². The van der Waals surface area contributed by atoms with Gasteiger partial charge >= 0.3 is 6.80 Å². The van der Waals surface area contributed by atoms with Gasteiger partial charge in [0.1, 0.15) is 11.9 Å². The third-order valence-electron chi connectivity index (χ3n) is 3.90. The summed E-state index contributed by atoms with van der Waals surface area (Å²) < 4.78 is 30.1. The van der Waals surface area contributed by atoms with Crippen LogP contribution in [0.4, 0.5) is 0 Å². The van der Waals surface area contributed by atoms with Crippen LogP contribution in [0.15, 0.2) is 54.6 Å². The Morgan fingerprint density at radius 2 is 1.69 bits per heavy atom. The van der Waals surface area contributed by atoms with Gasteiger partial charge < -0.3 is 13.8 Å². The van der Waals surface area contributed by atoms with Crippen LogP contribution < -0.4 is 4.74 Å². The van der Waals surface area contributed by atoms with Gasteiger partial charge in [-0.05, 0) is 49.9 Å². The summed E-state index contributed by atoms with van der Waals surface area (Å²) in [5.41, 5.74) is 3.15. The molecule has 26 heavy (non-hydrogen) atoms. The zero-order valence-electron chi connectivity index (χ0n) is 15.2. The number of ether oxygens (including phenoxy) is 1. The Hall–Kier alpha value is -1.52. The maximum Gasteiger partial charge on any atom is 0.393 e. The van der Waals surface area contributed by atoms with Gasteiger partial charge in [-0.3, -0.25) is 0 Å². The highest BCUT2D eigenvalue weighted by Crippen LogP contribution is 2.66. The van der Waals surface area contributed by atoms with Crippen LogP contribution in [-0.2, 0) is 13.6 Å². The van der Waals surface area contributed by atoms with Gasteiger partial charge in [0.2, 0.25) is 0 Å². The van der Waals surface area contributed by atoms with Crippen molar-refractivity contribution in [1.29, 1.82) is 0 Å². The fourth-order valence-corrected chi connectivity index (χ4v) is 6.35. The van der Waals surface area contributed by atoms with Gasteiger partial charge in [0.05, 0.1) is 13.2 Å². The number of benzene rings is 2. The first-order valence-electron chi connectivity index (χ1n) is 8.68. The van der Waals surface area contributed by atoms with Crippen molar-refractivity contribution < 1.29 is 18.3 Å². The van der Waals surface area contributed by atoms with E-state index in [0.717, 1.165) is 33.2 Å². The lowest BCUT2D eigenvalue weighted by molar-refractivity contribution is 0.237. The van der Waals surface area contributed by atoms with Crippen LogP contribution >= 0.6 is 18.2 Å². The molecule has 0 saturated carbocycles. The highest BCUT2D eigenvalue weighted by atomic mass is 32.7. The van der Waals surface area contributed by atoms with Crippen molar-refractivity contribution in [2.45, 2.75) is 26.9 Å². The van der Waals surface area contributed by atoms with E-state index in [0.29, 0.717) is 13.2 Å². The minimum atomic E-state index is -3.28. The molecule has 0 fully saturated rings. The first kappa shape index (κ1) is 19.2. The molecule has 1 atom stereocenters. The lowest BCUT2D eigenvalue weighted by Gasteiger charge is -2.27. The number of hydrogen-bond donors (Lipinski definition) is 0. The topological polar surface area (TPSA) is 44.8 Å². The minimum absolute atomic E-state index is 0.246. The zero-order chi connectivity index (χ0) is 18.6. The number of hydrogen-bond acceptors (Lipinski definition) is 5. The van der Waals surface area contributed by atoms with E-state index in [1.165, 1.54) is 5.56 Å². The number of aryl methyl sites for hydroxylation is 1. The molecule has 0 bridgehead atoms. The van der Waals surface area contributed by atoms with Gasteiger partial charge in [0.15, 0.2) is 0 Å². The molecule has 1 aliphatic rings. The van der Waals surface area contributed by atoms with Crippen LogP contribution in [0.25, 0.3) is 4.91 Å². The smallest absolute Gasteiger partial charge is 0.393 e. The third-order valence-corrected chi connectivity index (χ3v) is 7.72. The molecule has 6 heteroatoms. The van der Waals surface area contributed by atoms with Gasteiger partial charge in [0, 0.05) is 10.5 Å². The van der Waals surface area contributed by atoms with Crippen molar-refractivity contribution in [2.75, 3.05) is 13.2 Å². The minimum Gasteiger partial charge on any atom is -0.481 e. The fraction of sp³-hybridized carbons (Fsp3) is 0.300. The Balaban J connectivity index is 1.98. The Kier molecular flexibility index (Phi) is 6.25. The van der Waals surface area contributed by atoms with E-state index >= 15 is 0 Å². The molecule has 1 unspecified atom stereocenters. The molecule has 3 rings (SSSR count). The molecule has 0 aliphatic carbocycles. The first-order chi connectivity index (χ1) is 12.5. The Morgan fingerprint density at radius 3 is 2.35 bits per heavy atom. The Labute approximate surface area is 158 Å². The summed E-state index contributed by atoms with van der Waals surface area (Å²) in [6.45, 7) is 3.06. The quantitative estimate of drug-likeness (QED) is 0.513. The second kappa shape index (κ2) is 8.45. The van der Waals surface area contributed by atoms with E-state index in [1.54, 1.807) is 0 Å². The zero-order valence-corrected chi connectivity index (χ0v) is 16.9. The van der Waals surface area contributed by atoms with Crippen molar-refractivity contribution in [3.8, 4) is 5.75 Å². The summed E-state index contributed by atoms with van der Waals surface area (Å²) in [6, 6.07) is 16.0. The standard InChI is InChI=1S/C20H23O4PS/c1-4-22-25(21,23-5-2)26-20-14-19(16-12-10-15(3)11-13-16)24-18-9-7-6-8-17(18)20/h6-14,19H,4-5H2,1-3H3. The highest BCUT2D eigenvalue weighted by molar-refractivity contribution is 8.59. The summed E-state index contributed by atoms with van der Waals surface area (Å²) >= 11 is 1.15. The molecule has 138 valence electrons. The van der Waals surface area contributed by atoms with Gasteiger partial charge in [-0.1, -0.05) is 48.0 Å². The van der Waals surface area contributed by atoms with Crippen molar-refractivity contribution in [3.05, 3.63) is 71.3 Å². The maximum atomic E-state index is 13.0. The third kappa shape index (κ3) is 4.41. The molecule has 1 heterocycles. The molecular formula is C20H23O4PS. The summed E-state index contributed by atoms with van der Waals surface area (Å²) in [5, 5.41) is 0. The van der Waals surface area contributed by atoms with Crippen LogP contribution in [0.1, 0.15) is 36.6 Å². The summed E-state index contributed by atoms with van der Waals surface area (Å²) in [5.74, 6) is 0.766. The molecule has 0 spiro atoms. The summed E-state index contributed by atoms with van der Waals surface area (Å²) in [4.78, 5) is 0.850. The monoisotopic (exact) mass is 390 g/mol. The predicted molar refractivity (Wildman–Crippen MR) is 107 cm³/mol. The second-order valence-electron chi connectivity index (χ2n) is 5.85. The van der Waals surface area contributed by atoms with E-state index in [-0.39, 0.29) is 6.10 Å². The Bertz CT molecular complexity index is 822. The van der Waals surface area contributed by atoms with Crippen LogP contribution in [0, 0.1) is 6.92 Å². The van der Waals surface area contributed by atoms with Crippen molar-refractivity contribution in [1.82, 2.24) is 0 Å². The number of para-hydroxylation sites is 1. The van der Waals surface area contributed by atoms with E-state index in [1.807, 2.05) is 44.2 Å². The van der Waals surface area contributed by atoms with Crippen LogP contribution in [0.3, 0.4) is 0 Å². The highest BCUT2D eigenvalue weighted by Gasteiger charge is 2.31. The number of fused-ring (bicyclic) bond motifs is 1. The SMILES string of the molecule is CCOP(=O)(OCC)SC1=CC(c2ccc(C)cc2)Oc2ccccc21. The molecule has 0 N–H and O–H groups in total. The molecule has 2 aromatic carbocycles. The fourth-order valence-electron chi connectivity index (χ4n) is 2.70. The van der Waals surface area contributed by atoms with Gasteiger partial charge in [-0.25, -0.2) is 4.57 Å². The van der Waals surface area contributed by atoms with Gasteiger partial charge in [-0.15, -0.1) is 0 Å². The molecule has 0 amide bonds. The Morgan fingerprint density at radius 1 is 1.04 bits per heavy atom. The molecule has 1 aliphatic heterocycles. The van der Waals surface area contributed by atoms with E-state index in [9.17, 15) is 4.57 Å². The second-order valence-corrected chi connectivity index (χ2v) is 9.77. The van der Waals surface area contributed by atoms with Crippen molar-refractivity contribution in [2.24, 2.45) is 0 Å². The lowest BCUT2D eigenvalue weighted by Crippen LogP contribution is -2.11. The maximum absolute atomic E-state index is 13.0. The molecule has 0 radical (unpaired) electrons.